The summed E-state index contributed by atoms with van der Waals surface area (Å²) in [5, 5.41) is 7.04. The van der Waals surface area contributed by atoms with Gasteiger partial charge in [0.1, 0.15) is 5.76 Å². The van der Waals surface area contributed by atoms with E-state index in [1.54, 1.807) is 11.8 Å². The molecule has 0 aromatic carbocycles. The van der Waals surface area contributed by atoms with Crippen LogP contribution in [0.25, 0.3) is 0 Å². The van der Waals surface area contributed by atoms with Gasteiger partial charge in [-0.25, -0.2) is 0 Å². The summed E-state index contributed by atoms with van der Waals surface area (Å²) in [6.45, 7) is 5.82. The zero-order valence-electron chi connectivity index (χ0n) is 11.9. The summed E-state index contributed by atoms with van der Waals surface area (Å²) in [6.07, 6.45) is 4.75. The van der Waals surface area contributed by atoms with Crippen LogP contribution in [0.5, 0.6) is 0 Å². The van der Waals surface area contributed by atoms with Gasteiger partial charge in [-0.2, -0.15) is 0 Å². The fourth-order valence-electron chi connectivity index (χ4n) is 2.38. The topological polar surface area (TPSA) is 55.1 Å². The highest BCUT2D eigenvalue weighted by molar-refractivity contribution is 7.99. The maximum Gasteiger partial charge on any atom is 0.233 e. The van der Waals surface area contributed by atoms with Crippen LogP contribution in [0.4, 0.5) is 0 Å². The van der Waals surface area contributed by atoms with Gasteiger partial charge in [0.05, 0.1) is 10.9 Å². The van der Waals surface area contributed by atoms with Crippen molar-refractivity contribution < 1.29 is 9.32 Å². The van der Waals surface area contributed by atoms with Crippen LogP contribution in [-0.2, 0) is 10.5 Å². The molecular formula is C14H22N2O2S. The van der Waals surface area contributed by atoms with Crippen LogP contribution in [-0.4, -0.2) is 22.4 Å². The molecule has 2 rings (SSSR count). The Balaban J connectivity index is 1.80. The van der Waals surface area contributed by atoms with Crippen LogP contribution in [0.15, 0.2) is 4.52 Å². The molecule has 0 saturated heterocycles. The predicted octanol–water partition coefficient (Wildman–Crippen LogP) is 2.97. The smallest absolute Gasteiger partial charge is 0.233 e. The van der Waals surface area contributed by atoms with Crippen molar-refractivity contribution >= 4 is 17.7 Å². The lowest BCUT2D eigenvalue weighted by Gasteiger charge is -2.16. The van der Waals surface area contributed by atoms with Crippen molar-refractivity contribution in [2.24, 2.45) is 0 Å². The first kappa shape index (κ1) is 14.4. The van der Waals surface area contributed by atoms with Crippen LogP contribution in [0.1, 0.15) is 49.6 Å². The van der Waals surface area contributed by atoms with Crippen molar-refractivity contribution in [2.45, 2.75) is 63.5 Å². The minimum atomic E-state index is -0.0331. The number of amides is 1. The first-order valence-corrected chi connectivity index (χ1v) is 7.96. The van der Waals surface area contributed by atoms with E-state index in [1.807, 2.05) is 20.8 Å². The normalized spacial score (nSPS) is 17.6. The van der Waals surface area contributed by atoms with E-state index < -0.39 is 0 Å². The molecule has 0 unspecified atom stereocenters. The van der Waals surface area contributed by atoms with Gasteiger partial charge in [-0.3, -0.25) is 4.79 Å². The maximum absolute atomic E-state index is 12.1. The van der Waals surface area contributed by atoms with Gasteiger partial charge in [0.25, 0.3) is 0 Å². The Morgan fingerprint density at radius 2 is 2.16 bits per heavy atom. The third kappa shape index (κ3) is 3.75. The van der Waals surface area contributed by atoms with Gasteiger partial charge in [-0.1, -0.05) is 18.0 Å². The minimum Gasteiger partial charge on any atom is -0.361 e. The zero-order valence-corrected chi connectivity index (χ0v) is 12.7. The number of thioether (sulfide) groups is 1. The highest BCUT2D eigenvalue weighted by Crippen LogP contribution is 2.24. The highest BCUT2D eigenvalue weighted by atomic mass is 32.2. The average Bonchev–Trinajstić information content (AvgIpc) is 2.98. The van der Waals surface area contributed by atoms with E-state index >= 15 is 0 Å². The molecule has 1 fully saturated rings. The fourth-order valence-corrected chi connectivity index (χ4v) is 3.43. The third-order valence-corrected chi connectivity index (χ3v) is 4.90. The summed E-state index contributed by atoms with van der Waals surface area (Å²) < 4.78 is 5.13. The van der Waals surface area contributed by atoms with Crippen molar-refractivity contribution in [3.8, 4) is 0 Å². The van der Waals surface area contributed by atoms with Crippen molar-refractivity contribution in [3.63, 3.8) is 0 Å². The first-order valence-electron chi connectivity index (χ1n) is 6.91. The second-order valence-corrected chi connectivity index (χ2v) is 6.58. The Hall–Kier alpha value is -0.970. The Morgan fingerprint density at radius 1 is 1.47 bits per heavy atom. The first-order chi connectivity index (χ1) is 9.08. The lowest BCUT2D eigenvalue weighted by molar-refractivity contribution is -0.120. The maximum atomic E-state index is 12.1. The molecular weight excluding hydrogens is 260 g/mol. The largest absolute Gasteiger partial charge is 0.361 e. The Kier molecular flexibility index (Phi) is 4.91. The number of hydrogen-bond donors (Lipinski definition) is 1. The van der Waals surface area contributed by atoms with Crippen LogP contribution in [0.3, 0.4) is 0 Å². The molecule has 1 saturated carbocycles. The van der Waals surface area contributed by atoms with Gasteiger partial charge in [0.2, 0.25) is 5.91 Å². The van der Waals surface area contributed by atoms with E-state index in [0.717, 1.165) is 35.6 Å². The van der Waals surface area contributed by atoms with Crippen LogP contribution >= 0.6 is 11.8 Å². The summed E-state index contributed by atoms with van der Waals surface area (Å²) in [4.78, 5) is 12.1. The summed E-state index contributed by atoms with van der Waals surface area (Å²) in [5.41, 5.74) is 2.04. The molecule has 1 atom stereocenters. The zero-order chi connectivity index (χ0) is 13.8. The minimum absolute atomic E-state index is 0.0331. The van der Waals surface area contributed by atoms with Gasteiger partial charge in [0, 0.05) is 17.4 Å². The molecule has 1 aromatic rings. The molecule has 1 aliphatic carbocycles. The molecule has 19 heavy (non-hydrogen) atoms. The number of carbonyl (C=O) groups is 1. The van der Waals surface area contributed by atoms with Crippen molar-refractivity contribution in [1.82, 2.24) is 10.5 Å². The highest BCUT2D eigenvalue weighted by Gasteiger charge is 2.21. The summed E-state index contributed by atoms with van der Waals surface area (Å²) >= 11 is 1.64. The van der Waals surface area contributed by atoms with Crippen LogP contribution < -0.4 is 5.32 Å². The van der Waals surface area contributed by atoms with Crippen molar-refractivity contribution in [3.05, 3.63) is 17.0 Å². The van der Waals surface area contributed by atoms with Crippen molar-refractivity contribution in [1.29, 1.82) is 0 Å². The standard InChI is InChI=1S/C14H22N2O2S/c1-9-13(10(2)18-16-9)8-19-11(3)14(17)15-12-6-4-5-7-12/h11-12H,4-8H2,1-3H3,(H,15,17)/t11-/m1/s1. The number of rotatable bonds is 5. The van der Waals surface area contributed by atoms with E-state index in [9.17, 15) is 4.79 Å². The summed E-state index contributed by atoms with van der Waals surface area (Å²) in [5.74, 6) is 1.79. The summed E-state index contributed by atoms with van der Waals surface area (Å²) in [7, 11) is 0. The van der Waals surface area contributed by atoms with E-state index in [-0.39, 0.29) is 11.2 Å². The van der Waals surface area contributed by atoms with Crippen LogP contribution in [0, 0.1) is 13.8 Å². The molecule has 0 radical (unpaired) electrons. The van der Waals surface area contributed by atoms with E-state index in [1.165, 1.54) is 12.8 Å². The quantitative estimate of drug-likeness (QED) is 0.902. The Labute approximate surface area is 118 Å². The Morgan fingerprint density at radius 3 is 2.74 bits per heavy atom. The molecule has 1 amide bonds. The average molecular weight is 282 g/mol. The lowest BCUT2D eigenvalue weighted by Crippen LogP contribution is -2.37. The Bertz CT molecular complexity index is 419. The molecule has 0 aliphatic heterocycles. The number of hydrogen-bond acceptors (Lipinski definition) is 4. The number of aryl methyl sites for hydroxylation is 2. The molecule has 1 aliphatic rings. The van der Waals surface area contributed by atoms with Gasteiger partial charge < -0.3 is 9.84 Å². The summed E-state index contributed by atoms with van der Waals surface area (Å²) in [6, 6.07) is 0.398. The molecule has 5 heteroatoms. The molecule has 1 N–H and O–H groups in total. The van der Waals surface area contributed by atoms with Gasteiger partial charge >= 0.3 is 0 Å². The second kappa shape index (κ2) is 6.46. The van der Waals surface area contributed by atoms with Gasteiger partial charge in [-0.05, 0) is 33.6 Å². The lowest BCUT2D eigenvalue weighted by atomic mass is 10.2. The molecule has 1 heterocycles. The molecule has 1 aromatic heterocycles. The van der Waals surface area contributed by atoms with Crippen LogP contribution in [0.2, 0.25) is 0 Å². The fraction of sp³-hybridized carbons (Fsp3) is 0.714. The molecule has 4 nitrogen and oxygen atoms in total. The number of nitrogens with one attached hydrogen (secondary N) is 1. The number of aromatic nitrogens is 1. The SMILES string of the molecule is Cc1noc(C)c1CS[C@H](C)C(=O)NC1CCCC1. The third-order valence-electron chi connectivity index (χ3n) is 3.73. The van der Waals surface area contributed by atoms with E-state index in [2.05, 4.69) is 10.5 Å². The van der Waals surface area contributed by atoms with Crippen molar-refractivity contribution in [2.75, 3.05) is 0 Å². The second-order valence-electron chi connectivity index (χ2n) is 5.25. The number of carbonyl (C=O) groups excluding carboxylic acids is 1. The monoisotopic (exact) mass is 282 g/mol. The van der Waals surface area contributed by atoms with Gasteiger partial charge in [-0.15, -0.1) is 11.8 Å². The van der Waals surface area contributed by atoms with E-state index in [0.29, 0.717) is 6.04 Å². The molecule has 0 bridgehead atoms. The number of nitrogens with zero attached hydrogens (tertiary/aromatic N) is 1. The molecule has 0 spiro atoms. The van der Waals surface area contributed by atoms with Gasteiger partial charge in [0.15, 0.2) is 0 Å². The predicted molar refractivity (Wildman–Crippen MR) is 77.1 cm³/mol. The van der Waals surface area contributed by atoms with E-state index in [4.69, 9.17) is 4.52 Å². The molecule has 106 valence electrons.